The highest BCUT2D eigenvalue weighted by atomic mass is 19.1. The summed E-state index contributed by atoms with van der Waals surface area (Å²) in [6.45, 7) is 8.85. The number of halogens is 1. The van der Waals surface area contributed by atoms with Crippen molar-refractivity contribution in [3.05, 3.63) is 42.2 Å². The Kier molecular flexibility index (Phi) is 4.99. The minimum Gasteiger partial charge on any atom is -0.489 e. The molecule has 3 heteroatoms. The average molecular weight is 223 g/mol. The van der Waals surface area contributed by atoms with Crippen molar-refractivity contribution in [2.75, 3.05) is 13.2 Å². The summed E-state index contributed by atoms with van der Waals surface area (Å²) in [5.74, 6) is 0.459. The number of nitrogens with one attached hydrogen (secondary N) is 1. The maximum absolute atomic E-state index is 13.2. The van der Waals surface area contributed by atoms with Gasteiger partial charge in [-0.05, 0) is 31.7 Å². The van der Waals surface area contributed by atoms with E-state index in [2.05, 4.69) is 11.9 Å². The topological polar surface area (TPSA) is 21.3 Å². The zero-order valence-corrected chi connectivity index (χ0v) is 9.79. The maximum Gasteiger partial charge on any atom is 0.124 e. The van der Waals surface area contributed by atoms with Gasteiger partial charge in [0.15, 0.2) is 0 Å². The second kappa shape index (κ2) is 6.28. The van der Waals surface area contributed by atoms with Crippen LogP contribution in [0.2, 0.25) is 0 Å². The van der Waals surface area contributed by atoms with Crippen molar-refractivity contribution in [1.82, 2.24) is 5.32 Å². The van der Waals surface area contributed by atoms with Crippen LogP contribution in [0.4, 0.5) is 4.39 Å². The summed E-state index contributed by atoms with van der Waals surface area (Å²) >= 11 is 0. The van der Waals surface area contributed by atoms with Gasteiger partial charge < -0.3 is 10.1 Å². The van der Waals surface area contributed by atoms with Crippen molar-refractivity contribution < 1.29 is 9.13 Å². The van der Waals surface area contributed by atoms with Crippen molar-refractivity contribution in [2.45, 2.75) is 19.9 Å². The molecule has 0 aliphatic rings. The molecule has 1 aromatic rings. The van der Waals surface area contributed by atoms with E-state index in [0.717, 1.165) is 12.1 Å². The van der Waals surface area contributed by atoms with E-state index in [1.54, 1.807) is 12.1 Å². The van der Waals surface area contributed by atoms with Crippen LogP contribution < -0.4 is 10.1 Å². The molecule has 1 aromatic carbocycles. The smallest absolute Gasteiger partial charge is 0.124 e. The minimum absolute atomic E-state index is 0.0699. The Hall–Kier alpha value is -1.35. The highest BCUT2D eigenvalue weighted by molar-refractivity contribution is 5.36. The number of rotatable bonds is 6. The average Bonchev–Trinajstić information content (AvgIpc) is 2.27. The molecular formula is C13H18FNO. The first-order valence-electron chi connectivity index (χ1n) is 5.45. The molecule has 0 aliphatic heterocycles. The van der Waals surface area contributed by atoms with Gasteiger partial charge in [-0.15, -0.1) is 0 Å². The van der Waals surface area contributed by atoms with Gasteiger partial charge in [-0.2, -0.15) is 0 Å². The van der Waals surface area contributed by atoms with Crippen LogP contribution in [0.5, 0.6) is 5.75 Å². The molecule has 0 aliphatic carbocycles. The summed E-state index contributed by atoms with van der Waals surface area (Å²) in [6, 6.07) is 4.63. The molecular weight excluding hydrogens is 205 g/mol. The van der Waals surface area contributed by atoms with Crippen molar-refractivity contribution >= 4 is 0 Å². The van der Waals surface area contributed by atoms with E-state index in [1.807, 2.05) is 13.8 Å². The molecule has 1 N–H and O–H groups in total. The van der Waals surface area contributed by atoms with E-state index in [0.29, 0.717) is 12.4 Å². The van der Waals surface area contributed by atoms with Gasteiger partial charge in [0.05, 0.1) is 0 Å². The summed E-state index contributed by atoms with van der Waals surface area (Å²) in [4.78, 5) is 0. The van der Waals surface area contributed by atoms with Crippen LogP contribution in [0.25, 0.3) is 0 Å². The summed E-state index contributed by atoms with van der Waals surface area (Å²) in [5.41, 5.74) is 0.837. The third kappa shape index (κ3) is 3.35. The molecule has 88 valence electrons. The Morgan fingerprint density at radius 2 is 2.31 bits per heavy atom. The molecule has 0 fully saturated rings. The van der Waals surface area contributed by atoms with Crippen molar-refractivity contribution in [3.8, 4) is 5.75 Å². The zero-order valence-electron chi connectivity index (χ0n) is 9.79. The van der Waals surface area contributed by atoms with Gasteiger partial charge >= 0.3 is 0 Å². The van der Waals surface area contributed by atoms with E-state index in [1.165, 1.54) is 12.1 Å². The molecule has 0 spiro atoms. The molecule has 1 rings (SSSR count). The molecule has 0 saturated carbocycles. The first kappa shape index (κ1) is 12.7. The highest BCUT2D eigenvalue weighted by Gasteiger charge is 2.11. The lowest BCUT2D eigenvalue weighted by Gasteiger charge is -2.17. The van der Waals surface area contributed by atoms with E-state index in [4.69, 9.17) is 4.74 Å². The van der Waals surface area contributed by atoms with Crippen molar-refractivity contribution in [3.63, 3.8) is 0 Å². The number of ether oxygens (including phenoxy) is 1. The van der Waals surface area contributed by atoms with Gasteiger partial charge in [0.25, 0.3) is 0 Å². The van der Waals surface area contributed by atoms with Gasteiger partial charge in [0.1, 0.15) is 18.2 Å². The first-order valence-corrected chi connectivity index (χ1v) is 5.45. The van der Waals surface area contributed by atoms with Crippen LogP contribution >= 0.6 is 0 Å². The Morgan fingerprint density at radius 1 is 1.56 bits per heavy atom. The quantitative estimate of drug-likeness (QED) is 0.748. The number of benzene rings is 1. The second-order valence-electron chi connectivity index (χ2n) is 3.56. The molecule has 16 heavy (non-hydrogen) atoms. The summed E-state index contributed by atoms with van der Waals surface area (Å²) in [7, 11) is 0. The van der Waals surface area contributed by atoms with Crippen LogP contribution in [0.15, 0.2) is 30.9 Å². The Balaban J connectivity index is 2.92. The van der Waals surface area contributed by atoms with E-state index in [-0.39, 0.29) is 11.9 Å². The van der Waals surface area contributed by atoms with Crippen LogP contribution in [0, 0.1) is 5.82 Å². The largest absolute Gasteiger partial charge is 0.489 e. The third-order valence-corrected chi connectivity index (χ3v) is 2.31. The summed E-state index contributed by atoms with van der Waals surface area (Å²) in [6.07, 6.45) is 1.67. The lowest BCUT2D eigenvalue weighted by Crippen LogP contribution is -2.18. The van der Waals surface area contributed by atoms with Gasteiger partial charge in [0, 0.05) is 11.6 Å². The monoisotopic (exact) mass is 223 g/mol. The number of hydrogen-bond donors (Lipinski definition) is 1. The first-order chi connectivity index (χ1) is 7.69. The van der Waals surface area contributed by atoms with E-state index >= 15 is 0 Å². The lowest BCUT2D eigenvalue weighted by molar-refractivity contribution is 0.353. The molecule has 0 saturated heterocycles. The molecule has 2 nitrogen and oxygen atoms in total. The summed E-state index contributed by atoms with van der Waals surface area (Å²) in [5, 5.41) is 3.23. The molecule has 0 bridgehead atoms. The van der Waals surface area contributed by atoms with Gasteiger partial charge in [0.2, 0.25) is 0 Å². The Labute approximate surface area is 96.1 Å². The van der Waals surface area contributed by atoms with E-state index < -0.39 is 0 Å². The molecule has 0 radical (unpaired) electrons. The fraction of sp³-hybridized carbons (Fsp3) is 0.385. The van der Waals surface area contributed by atoms with Gasteiger partial charge in [-0.1, -0.05) is 19.6 Å². The van der Waals surface area contributed by atoms with Crippen LogP contribution in [0.3, 0.4) is 0 Å². The predicted octanol–water partition coefficient (Wildman–Crippen LogP) is 3.06. The van der Waals surface area contributed by atoms with Crippen LogP contribution in [-0.2, 0) is 0 Å². The van der Waals surface area contributed by atoms with Crippen molar-refractivity contribution in [2.24, 2.45) is 0 Å². The molecule has 0 aromatic heterocycles. The molecule has 0 amide bonds. The van der Waals surface area contributed by atoms with Gasteiger partial charge in [-0.3, -0.25) is 0 Å². The highest BCUT2D eigenvalue weighted by Crippen LogP contribution is 2.26. The maximum atomic E-state index is 13.2. The molecule has 0 heterocycles. The fourth-order valence-corrected chi connectivity index (χ4v) is 1.55. The standard InChI is InChI=1S/C13H18FNO/c1-4-8-16-13-7-6-11(14)9-12(13)10(3)15-5-2/h4,6-7,9-10,15H,1,5,8H2,2-3H3. The van der Waals surface area contributed by atoms with Crippen molar-refractivity contribution in [1.29, 1.82) is 0 Å². The fourth-order valence-electron chi connectivity index (χ4n) is 1.55. The van der Waals surface area contributed by atoms with Crippen LogP contribution in [-0.4, -0.2) is 13.2 Å². The second-order valence-corrected chi connectivity index (χ2v) is 3.56. The molecule has 1 atom stereocenters. The lowest BCUT2D eigenvalue weighted by atomic mass is 10.1. The van der Waals surface area contributed by atoms with Crippen LogP contribution in [0.1, 0.15) is 25.5 Å². The Bertz CT molecular complexity index is 352. The number of hydrogen-bond acceptors (Lipinski definition) is 2. The Morgan fingerprint density at radius 3 is 2.94 bits per heavy atom. The van der Waals surface area contributed by atoms with Gasteiger partial charge in [-0.25, -0.2) is 4.39 Å². The zero-order chi connectivity index (χ0) is 12.0. The predicted molar refractivity (Wildman–Crippen MR) is 64.2 cm³/mol. The minimum atomic E-state index is -0.245. The SMILES string of the molecule is C=CCOc1ccc(F)cc1C(C)NCC. The van der Waals surface area contributed by atoms with E-state index in [9.17, 15) is 4.39 Å². The third-order valence-electron chi connectivity index (χ3n) is 2.31. The molecule has 1 unspecified atom stereocenters. The normalized spacial score (nSPS) is 12.2. The summed E-state index contributed by atoms with van der Waals surface area (Å²) < 4.78 is 18.7.